The summed E-state index contributed by atoms with van der Waals surface area (Å²) < 4.78 is 0. The highest BCUT2D eigenvalue weighted by molar-refractivity contribution is 5.47. The summed E-state index contributed by atoms with van der Waals surface area (Å²) in [4.78, 5) is 4.22. The number of nitrogens with two attached hydrogens (primary N) is 1. The third kappa shape index (κ3) is 3.58. The summed E-state index contributed by atoms with van der Waals surface area (Å²) in [6.45, 7) is 5.30. The number of pyridine rings is 1. The molecule has 0 aliphatic heterocycles. The van der Waals surface area contributed by atoms with Gasteiger partial charge in [-0.3, -0.25) is 4.98 Å². The number of anilines is 1. The predicted molar refractivity (Wildman–Crippen MR) is 84.6 cm³/mol. The van der Waals surface area contributed by atoms with E-state index in [-0.39, 0.29) is 6.04 Å². The molecule has 106 valence electrons. The summed E-state index contributed by atoms with van der Waals surface area (Å²) in [7, 11) is 0. The van der Waals surface area contributed by atoms with Crippen LogP contribution in [0.4, 0.5) is 5.69 Å². The monoisotopic (exact) mass is 269 g/mol. The van der Waals surface area contributed by atoms with Gasteiger partial charge in [-0.2, -0.15) is 0 Å². The highest BCUT2D eigenvalue weighted by atomic mass is 14.9. The van der Waals surface area contributed by atoms with E-state index in [2.05, 4.69) is 48.4 Å². The molecule has 2 rings (SSSR count). The van der Waals surface area contributed by atoms with E-state index in [0.717, 1.165) is 30.6 Å². The fourth-order valence-electron chi connectivity index (χ4n) is 2.38. The maximum Gasteiger partial charge on any atom is 0.0396 e. The van der Waals surface area contributed by atoms with Crippen molar-refractivity contribution in [3.63, 3.8) is 0 Å². The smallest absolute Gasteiger partial charge is 0.0396 e. The molecule has 0 aliphatic rings. The topological polar surface area (TPSA) is 50.9 Å². The van der Waals surface area contributed by atoms with Gasteiger partial charge in [0.25, 0.3) is 0 Å². The second kappa shape index (κ2) is 7.06. The van der Waals surface area contributed by atoms with Gasteiger partial charge in [-0.05, 0) is 43.5 Å². The summed E-state index contributed by atoms with van der Waals surface area (Å²) in [5.74, 6) is 0. The van der Waals surface area contributed by atoms with Gasteiger partial charge in [0.05, 0.1) is 0 Å². The Morgan fingerprint density at radius 3 is 2.75 bits per heavy atom. The van der Waals surface area contributed by atoms with Crippen LogP contribution in [0, 0.1) is 6.92 Å². The molecule has 2 aromatic rings. The van der Waals surface area contributed by atoms with Crippen LogP contribution in [0.15, 0.2) is 42.7 Å². The summed E-state index contributed by atoms with van der Waals surface area (Å²) in [5, 5.41) is 3.58. The van der Waals surface area contributed by atoms with Crippen LogP contribution in [0.2, 0.25) is 0 Å². The highest BCUT2D eigenvalue weighted by Gasteiger charge is 2.15. The molecule has 0 radical (unpaired) electrons. The van der Waals surface area contributed by atoms with Crippen LogP contribution in [-0.4, -0.2) is 11.5 Å². The lowest BCUT2D eigenvalue weighted by atomic mass is 9.96. The van der Waals surface area contributed by atoms with Gasteiger partial charge < -0.3 is 11.1 Å². The Balaban J connectivity index is 2.24. The lowest BCUT2D eigenvalue weighted by molar-refractivity contribution is 0.528. The van der Waals surface area contributed by atoms with Gasteiger partial charge in [0.2, 0.25) is 0 Å². The Bertz CT molecular complexity index is 551. The molecule has 0 aliphatic carbocycles. The van der Waals surface area contributed by atoms with Crippen molar-refractivity contribution in [1.82, 2.24) is 10.3 Å². The SMILES string of the molecule is CCCNC(Cc1ccccc1C)c1cnccc1N. The minimum Gasteiger partial charge on any atom is -0.398 e. The summed E-state index contributed by atoms with van der Waals surface area (Å²) >= 11 is 0. The van der Waals surface area contributed by atoms with Gasteiger partial charge in [-0.15, -0.1) is 0 Å². The van der Waals surface area contributed by atoms with Crippen LogP contribution >= 0.6 is 0 Å². The third-order valence-electron chi connectivity index (χ3n) is 3.59. The lowest BCUT2D eigenvalue weighted by Gasteiger charge is -2.21. The van der Waals surface area contributed by atoms with Crippen LogP contribution in [-0.2, 0) is 6.42 Å². The van der Waals surface area contributed by atoms with Gasteiger partial charge in [-0.25, -0.2) is 0 Å². The molecule has 3 N–H and O–H groups in total. The van der Waals surface area contributed by atoms with E-state index in [1.807, 2.05) is 12.3 Å². The van der Waals surface area contributed by atoms with E-state index in [4.69, 9.17) is 5.73 Å². The van der Waals surface area contributed by atoms with Crippen molar-refractivity contribution in [2.45, 2.75) is 32.7 Å². The molecule has 0 fully saturated rings. The van der Waals surface area contributed by atoms with E-state index in [0.29, 0.717) is 0 Å². The van der Waals surface area contributed by atoms with Crippen LogP contribution in [0.1, 0.15) is 36.1 Å². The quantitative estimate of drug-likeness (QED) is 0.846. The number of nitrogens with one attached hydrogen (secondary N) is 1. The van der Waals surface area contributed by atoms with Crippen molar-refractivity contribution in [3.05, 3.63) is 59.4 Å². The van der Waals surface area contributed by atoms with Crippen LogP contribution < -0.4 is 11.1 Å². The minimum absolute atomic E-state index is 0.213. The van der Waals surface area contributed by atoms with Crippen molar-refractivity contribution in [3.8, 4) is 0 Å². The van der Waals surface area contributed by atoms with Crippen LogP contribution in [0.5, 0.6) is 0 Å². The van der Waals surface area contributed by atoms with Gasteiger partial charge in [0.15, 0.2) is 0 Å². The standard InChI is InChI=1S/C17H23N3/c1-3-9-20-17(15-12-19-10-8-16(15)18)11-14-7-5-4-6-13(14)2/h4-8,10,12,17,20H,3,9,11H2,1-2H3,(H2,18,19). The van der Waals surface area contributed by atoms with Crippen LogP contribution in [0.3, 0.4) is 0 Å². The third-order valence-corrected chi connectivity index (χ3v) is 3.59. The Kier molecular flexibility index (Phi) is 5.13. The molecule has 3 heteroatoms. The fraction of sp³-hybridized carbons (Fsp3) is 0.353. The maximum atomic E-state index is 6.10. The summed E-state index contributed by atoms with van der Waals surface area (Å²) in [6.07, 6.45) is 5.65. The Morgan fingerprint density at radius 2 is 2.05 bits per heavy atom. The van der Waals surface area contributed by atoms with Gasteiger partial charge in [0.1, 0.15) is 0 Å². The number of rotatable bonds is 6. The van der Waals surface area contributed by atoms with Crippen LogP contribution in [0.25, 0.3) is 0 Å². The molecule has 3 nitrogen and oxygen atoms in total. The molecular formula is C17H23N3. The number of hydrogen-bond acceptors (Lipinski definition) is 3. The van der Waals surface area contributed by atoms with E-state index < -0.39 is 0 Å². The minimum atomic E-state index is 0.213. The average Bonchev–Trinajstić information content (AvgIpc) is 2.46. The first kappa shape index (κ1) is 14.5. The van der Waals surface area contributed by atoms with Crippen molar-refractivity contribution in [2.24, 2.45) is 0 Å². The average molecular weight is 269 g/mol. The van der Waals surface area contributed by atoms with E-state index in [9.17, 15) is 0 Å². The zero-order valence-electron chi connectivity index (χ0n) is 12.3. The lowest BCUT2D eigenvalue weighted by Crippen LogP contribution is -2.25. The highest BCUT2D eigenvalue weighted by Crippen LogP contribution is 2.24. The molecule has 1 unspecified atom stereocenters. The fourth-order valence-corrected chi connectivity index (χ4v) is 2.38. The zero-order valence-corrected chi connectivity index (χ0v) is 12.3. The first-order chi connectivity index (χ1) is 9.72. The first-order valence-electron chi connectivity index (χ1n) is 7.19. The van der Waals surface area contributed by atoms with E-state index in [1.54, 1.807) is 6.20 Å². The molecule has 1 atom stereocenters. The number of aryl methyl sites for hydroxylation is 1. The molecule has 0 amide bonds. The Hall–Kier alpha value is -1.87. The summed E-state index contributed by atoms with van der Waals surface area (Å²) in [6, 6.07) is 10.6. The van der Waals surface area contributed by atoms with Crippen molar-refractivity contribution >= 4 is 5.69 Å². The number of hydrogen-bond donors (Lipinski definition) is 2. The number of aromatic nitrogens is 1. The van der Waals surface area contributed by atoms with Gasteiger partial charge in [-0.1, -0.05) is 31.2 Å². The summed E-state index contributed by atoms with van der Waals surface area (Å²) in [5.41, 5.74) is 10.7. The molecule has 20 heavy (non-hydrogen) atoms. The molecule has 1 aromatic heterocycles. The van der Waals surface area contributed by atoms with Crippen molar-refractivity contribution < 1.29 is 0 Å². The number of benzene rings is 1. The van der Waals surface area contributed by atoms with E-state index in [1.165, 1.54) is 11.1 Å². The normalized spacial score (nSPS) is 12.3. The number of nitrogens with zero attached hydrogens (tertiary/aromatic N) is 1. The second-order valence-electron chi connectivity index (χ2n) is 5.14. The molecule has 0 saturated carbocycles. The maximum absolute atomic E-state index is 6.10. The Labute approximate surface area is 121 Å². The van der Waals surface area contributed by atoms with Crippen molar-refractivity contribution in [2.75, 3.05) is 12.3 Å². The molecule has 1 heterocycles. The molecule has 1 aromatic carbocycles. The largest absolute Gasteiger partial charge is 0.398 e. The second-order valence-corrected chi connectivity index (χ2v) is 5.14. The molecular weight excluding hydrogens is 246 g/mol. The first-order valence-corrected chi connectivity index (χ1v) is 7.19. The van der Waals surface area contributed by atoms with Gasteiger partial charge in [0, 0.05) is 29.7 Å². The molecule has 0 spiro atoms. The number of nitrogen functional groups attached to an aromatic ring is 1. The Morgan fingerprint density at radius 1 is 1.25 bits per heavy atom. The predicted octanol–water partition coefficient (Wildman–Crippen LogP) is 3.26. The molecule has 0 bridgehead atoms. The van der Waals surface area contributed by atoms with Crippen molar-refractivity contribution in [1.29, 1.82) is 0 Å². The van der Waals surface area contributed by atoms with E-state index >= 15 is 0 Å². The van der Waals surface area contributed by atoms with Gasteiger partial charge >= 0.3 is 0 Å². The zero-order chi connectivity index (χ0) is 14.4. The molecule has 0 saturated heterocycles.